The summed E-state index contributed by atoms with van der Waals surface area (Å²) in [7, 11) is -3.56. The van der Waals surface area contributed by atoms with Gasteiger partial charge >= 0.3 is 0 Å². The summed E-state index contributed by atoms with van der Waals surface area (Å²) in [6, 6.07) is 6.94. The van der Waals surface area contributed by atoms with Crippen molar-refractivity contribution >= 4 is 33.3 Å². The van der Waals surface area contributed by atoms with Crippen molar-refractivity contribution in [1.29, 1.82) is 0 Å². The fraction of sp³-hybridized carbons (Fsp3) is 0.500. The fourth-order valence-electron chi connectivity index (χ4n) is 3.85. The van der Waals surface area contributed by atoms with Crippen LogP contribution in [0.4, 0.5) is 11.6 Å². The van der Waals surface area contributed by atoms with Gasteiger partial charge in [-0.05, 0) is 44.4 Å². The third-order valence-electron chi connectivity index (χ3n) is 5.58. The molecule has 156 valence electrons. The molecule has 0 bridgehead atoms. The minimum absolute atomic E-state index is 0.246. The Morgan fingerprint density at radius 2 is 1.45 bits per heavy atom. The van der Waals surface area contributed by atoms with Gasteiger partial charge in [-0.2, -0.15) is 4.31 Å². The zero-order chi connectivity index (χ0) is 20.6. The highest BCUT2D eigenvalue weighted by atomic mass is 35.5. The molecule has 1 aromatic heterocycles. The van der Waals surface area contributed by atoms with E-state index in [2.05, 4.69) is 19.8 Å². The highest BCUT2D eigenvalue weighted by Gasteiger charge is 2.29. The molecule has 0 atom stereocenters. The van der Waals surface area contributed by atoms with E-state index in [1.807, 2.05) is 19.9 Å². The van der Waals surface area contributed by atoms with E-state index in [0.717, 1.165) is 36.1 Å². The molecule has 0 N–H and O–H groups in total. The maximum Gasteiger partial charge on any atom is 0.243 e. The van der Waals surface area contributed by atoms with Crippen LogP contribution in [0.1, 0.15) is 24.2 Å². The molecule has 0 aliphatic carbocycles. The smallest absolute Gasteiger partial charge is 0.243 e. The molecule has 0 unspecified atom stereocenters. The molecule has 2 fully saturated rings. The van der Waals surface area contributed by atoms with Crippen LogP contribution in [-0.4, -0.2) is 62.0 Å². The Bertz CT molecular complexity index is 1000. The first-order valence-electron chi connectivity index (χ1n) is 9.96. The van der Waals surface area contributed by atoms with Gasteiger partial charge in [0.05, 0.1) is 4.90 Å². The molecule has 2 aromatic rings. The normalized spacial score (nSPS) is 18.4. The first-order chi connectivity index (χ1) is 13.8. The largest absolute Gasteiger partial charge is 0.356 e. The van der Waals surface area contributed by atoms with Gasteiger partial charge in [-0.25, -0.2) is 18.4 Å². The number of piperazine rings is 1. The van der Waals surface area contributed by atoms with Crippen molar-refractivity contribution in [3.8, 4) is 0 Å². The molecule has 2 aliphatic rings. The molecular weight excluding hydrogens is 410 g/mol. The van der Waals surface area contributed by atoms with Crippen LogP contribution in [0, 0.1) is 13.8 Å². The number of rotatable bonds is 4. The summed E-state index contributed by atoms with van der Waals surface area (Å²) in [5, 5.41) is 0.468. The number of halogens is 1. The van der Waals surface area contributed by atoms with Crippen molar-refractivity contribution in [2.45, 2.75) is 31.6 Å². The first-order valence-corrected chi connectivity index (χ1v) is 11.8. The monoisotopic (exact) mass is 435 g/mol. The maximum absolute atomic E-state index is 13.0. The van der Waals surface area contributed by atoms with Crippen LogP contribution in [0.5, 0.6) is 0 Å². The molecule has 4 rings (SSSR count). The van der Waals surface area contributed by atoms with E-state index >= 15 is 0 Å². The van der Waals surface area contributed by atoms with Crippen LogP contribution in [0.25, 0.3) is 0 Å². The predicted molar refractivity (Wildman–Crippen MR) is 115 cm³/mol. The SMILES string of the molecule is Cc1nc(N2CCCC2)cc(N2CCN(S(=O)(=O)c3ccc(C)c(Cl)c3)CC2)n1. The predicted octanol–water partition coefficient (Wildman–Crippen LogP) is 2.86. The van der Waals surface area contributed by atoms with Gasteiger partial charge < -0.3 is 9.80 Å². The lowest BCUT2D eigenvalue weighted by atomic mass is 10.2. The molecule has 2 saturated heterocycles. The van der Waals surface area contributed by atoms with Crippen molar-refractivity contribution in [2.24, 2.45) is 0 Å². The number of anilines is 2. The van der Waals surface area contributed by atoms with E-state index in [9.17, 15) is 8.42 Å². The highest BCUT2D eigenvalue weighted by molar-refractivity contribution is 7.89. The number of hydrogen-bond donors (Lipinski definition) is 0. The van der Waals surface area contributed by atoms with Gasteiger partial charge in [-0.3, -0.25) is 0 Å². The summed E-state index contributed by atoms with van der Waals surface area (Å²) in [4.78, 5) is 13.9. The number of hydrogen-bond acceptors (Lipinski definition) is 6. The molecular formula is C20H26ClN5O2S. The molecule has 0 radical (unpaired) electrons. The van der Waals surface area contributed by atoms with Gasteiger partial charge in [-0.15, -0.1) is 0 Å². The van der Waals surface area contributed by atoms with Crippen molar-refractivity contribution in [2.75, 3.05) is 49.1 Å². The fourth-order valence-corrected chi connectivity index (χ4v) is 5.54. The topological polar surface area (TPSA) is 69.6 Å². The second kappa shape index (κ2) is 8.08. The van der Waals surface area contributed by atoms with E-state index in [1.165, 1.54) is 23.2 Å². The Morgan fingerprint density at radius 3 is 2.03 bits per heavy atom. The maximum atomic E-state index is 13.0. The standard InChI is InChI=1S/C20H26ClN5O2S/c1-15-5-6-17(13-18(15)21)29(27,28)26-11-9-25(10-12-26)20-14-19(22-16(2)23-20)24-7-3-4-8-24/h5-6,13-14H,3-4,7-12H2,1-2H3. The Balaban J connectivity index is 1.48. The molecule has 29 heavy (non-hydrogen) atoms. The van der Waals surface area contributed by atoms with Gasteiger partial charge in [0, 0.05) is 50.4 Å². The van der Waals surface area contributed by atoms with E-state index in [0.29, 0.717) is 31.2 Å². The highest BCUT2D eigenvalue weighted by Crippen LogP contribution is 2.26. The van der Waals surface area contributed by atoms with Crippen molar-refractivity contribution in [3.05, 3.63) is 40.7 Å². The Kier molecular flexibility index (Phi) is 5.68. The van der Waals surface area contributed by atoms with E-state index in [1.54, 1.807) is 12.1 Å². The number of aromatic nitrogens is 2. The number of sulfonamides is 1. The average Bonchev–Trinajstić information content (AvgIpc) is 3.24. The van der Waals surface area contributed by atoms with Crippen molar-refractivity contribution < 1.29 is 8.42 Å². The average molecular weight is 436 g/mol. The van der Waals surface area contributed by atoms with Gasteiger partial charge in [0.25, 0.3) is 0 Å². The minimum Gasteiger partial charge on any atom is -0.356 e. The van der Waals surface area contributed by atoms with Crippen LogP contribution < -0.4 is 9.80 Å². The Hall–Kier alpha value is -1.90. The number of nitrogens with zero attached hydrogens (tertiary/aromatic N) is 5. The summed E-state index contributed by atoms with van der Waals surface area (Å²) < 4.78 is 27.5. The van der Waals surface area contributed by atoms with E-state index in [4.69, 9.17) is 11.6 Å². The first kappa shape index (κ1) is 20.4. The summed E-state index contributed by atoms with van der Waals surface area (Å²) in [6.45, 7) is 7.83. The van der Waals surface area contributed by atoms with Crippen LogP contribution in [0.2, 0.25) is 5.02 Å². The number of benzene rings is 1. The van der Waals surface area contributed by atoms with Gasteiger partial charge in [-0.1, -0.05) is 17.7 Å². The summed E-state index contributed by atoms with van der Waals surface area (Å²) >= 11 is 6.14. The van der Waals surface area contributed by atoms with Gasteiger partial charge in [0.1, 0.15) is 17.5 Å². The lowest BCUT2D eigenvalue weighted by Gasteiger charge is -2.35. The second-order valence-corrected chi connectivity index (χ2v) is 9.97. The summed E-state index contributed by atoms with van der Waals surface area (Å²) in [5.74, 6) is 2.58. The molecule has 2 aliphatic heterocycles. The molecule has 7 nitrogen and oxygen atoms in total. The van der Waals surface area contributed by atoms with Crippen molar-refractivity contribution in [3.63, 3.8) is 0 Å². The molecule has 3 heterocycles. The Morgan fingerprint density at radius 1 is 0.862 bits per heavy atom. The number of aryl methyl sites for hydroxylation is 2. The second-order valence-electron chi connectivity index (χ2n) is 7.63. The van der Waals surface area contributed by atoms with Gasteiger partial charge in [0.2, 0.25) is 10.0 Å². The molecule has 0 amide bonds. The molecule has 9 heteroatoms. The minimum atomic E-state index is -3.56. The third-order valence-corrected chi connectivity index (χ3v) is 7.89. The van der Waals surface area contributed by atoms with Crippen molar-refractivity contribution in [1.82, 2.24) is 14.3 Å². The summed E-state index contributed by atoms with van der Waals surface area (Å²) in [6.07, 6.45) is 2.38. The third kappa shape index (κ3) is 4.20. The lowest BCUT2D eigenvalue weighted by Crippen LogP contribution is -2.49. The Labute approximate surface area is 177 Å². The zero-order valence-corrected chi connectivity index (χ0v) is 18.4. The quantitative estimate of drug-likeness (QED) is 0.735. The molecule has 0 saturated carbocycles. The van der Waals surface area contributed by atoms with Crippen LogP contribution in [0.15, 0.2) is 29.2 Å². The molecule has 0 spiro atoms. The van der Waals surface area contributed by atoms with Gasteiger partial charge in [0.15, 0.2) is 0 Å². The van der Waals surface area contributed by atoms with Crippen LogP contribution in [0.3, 0.4) is 0 Å². The lowest BCUT2D eigenvalue weighted by molar-refractivity contribution is 0.383. The van der Waals surface area contributed by atoms with Crippen LogP contribution >= 0.6 is 11.6 Å². The zero-order valence-electron chi connectivity index (χ0n) is 16.8. The van der Waals surface area contributed by atoms with E-state index in [-0.39, 0.29) is 4.90 Å². The summed E-state index contributed by atoms with van der Waals surface area (Å²) in [5.41, 5.74) is 0.864. The van der Waals surface area contributed by atoms with E-state index < -0.39 is 10.0 Å². The van der Waals surface area contributed by atoms with Crippen LogP contribution in [-0.2, 0) is 10.0 Å². The molecule has 1 aromatic carbocycles.